The number of carbonyl (C=O) groups excluding carboxylic acids is 1. The van der Waals surface area contributed by atoms with Crippen molar-refractivity contribution in [3.05, 3.63) is 54.1 Å². The Morgan fingerprint density at radius 2 is 2.10 bits per heavy atom. The van der Waals surface area contributed by atoms with Gasteiger partial charge in [-0.05, 0) is 44.9 Å². The van der Waals surface area contributed by atoms with E-state index in [1.165, 1.54) is 0 Å². The highest BCUT2D eigenvalue weighted by Gasteiger charge is 2.24. The first-order valence-corrected chi connectivity index (χ1v) is 10.4. The van der Waals surface area contributed by atoms with E-state index >= 15 is 0 Å². The first kappa shape index (κ1) is 19.2. The molecule has 1 N–H and O–H groups in total. The molecule has 9 nitrogen and oxygen atoms in total. The maximum absolute atomic E-state index is 13.1. The van der Waals surface area contributed by atoms with E-state index in [-0.39, 0.29) is 5.91 Å². The summed E-state index contributed by atoms with van der Waals surface area (Å²) < 4.78 is 3.30. The van der Waals surface area contributed by atoms with Gasteiger partial charge in [-0.3, -0.25) is 14.5 Å². The van der Waals surface area contributed by atoms with Gasteiger partial charge in [0, 0.05) is 43.3 Å². The molecule has 4 aromatic heterocycles. The van der Waals surface area contributed by atoms with Crippen LogP contribution in [0, 0.1) is 6.92 Å². The predicted octanol–water partition coefficient (Wildman–Crippen LogP) is 3.07. The number of anilines is 2. The standard InChI is InChI=1S/C22H24N8O/c1-14-6-4-8-18(24-14)17-13-23-28(3)20(17)21(31)25-16-9-11-30-19(12-16)26-22(27-30)29-10-5-7-15(29)2/h4,6,8-9,11-13,15H,5,7,10H2,1-3H3,(H,25,31)/t15-/m0/s1. The van der Waals surface area contributed by atoms with Crippen LogP contribution in [0.1, 0.15) is 35.9 Å². The van der Waals surface area contributed by atoms with E-state index < -0.39 is 0 Å². The molecule has 1 atom stereocenters. The molecule has 0 aliphatic carbocycles. The molecule has 1 amide bonds. The fourth-order valence-electron chi connectivity index (χ4n) is 4.08. The summed E-state index contributed by atoms with van der Waals surface area (Å²) in [5.41, 5.74) is 4.08. The molecule has 5 heterocycles. The summed E-state index contributed by atoms with van der Waals surface area (Å²) in [7, 11) is 1.75. The average Bonchev–Trinajstić information content (AvgIpc) is 3.45. The van der Waals surface area contributed by atoms with Gasteiger partial charge in [0.2, 0.25) is 5.95 Å². The Morgan fingerprint density at radius 3 is 2.87 bits per heavy atom. The van der Waals surface area contributed by atoms with Gasteiger partial charge in [-0.25, -0.2) is 4.52 Å². The normalized spacial score (nSPS) is 16.2. The van der Waals surface area contributed by atoms with Crippen molar-refractivity contribution >= 4 is 23.2 Å². The second-order valence-corrected chi connectivity index (χ2v) is 7.96. The van der Waals surface area contributed by atoms with Crippen molar-refractivity contribution in [3.8, 4) is 11.3 Å². The van der Waals surface area contributed by atoms with E-state index in [2.05, 4.69) is 37.3 Å². The molecule has 0 radical (unpaired) electrons. The summed E-state index contributed by atoms with van der Waals surface area (Å²) in [5, 5.41) is 11.8. The van der Waals surface area contributed by atoms with Crippen LogP contribution in [0.2, 0.25) is 0 Å². The minimum Gasteiger partial charge on any atom is -0.337 e. The van der Waals surface area contributed by atoms with Gasteiger partial charge < -0.3 is 10.2 Å². The number of amides is 1. The maximum atomic E-state index is 13.1. The Kier molecular flexibility index (Phi) is 4.65. The lowest BCUT2D eigenvalue weighted by molar-refractivity contribution is 0.101. The molecule has 158 valence electrons. The average molecular weight is 416 g/mol. The van der Waals surface area contributed by atoms with Crippen LogP contribution < -0.4 is 10.2 Å². The highest BCUT2D eigenvalue weighted by Crippen LogP contribution is 2.25. The van der Waals surface area contributed by atoms with Crippen LogP contribution in [0.5, 0.6) is 0 Å². The van der Waals surface area contributed by atoms with Gasteiger partial charge in [0.15, 0.2) is 5.65 Å². The zero-order valence-electron chi connectivity index (χ0n) is 17.8. The van der Waals surface area contributed by atoms with Gasteiger partial charge in [0.05, 0.1) is 17.5 Å². The van der Waals surface area contributed by atoms with Crippen molar-refractivity contribution in [2.24, 2.45) is 7.05 Å². The molecule has 1 fully saturated rings. The Hall–Kier alpha value is -3.75. The second-order valence-electron chi connectivity index (χ2n) is 7.96. The number of carbonyl (C=O) groups is 1. The molecule has 5 rings (SSSR count). The largest absolute Gasteiger partial charge is 0.337 e. The topological polar surface area (TPSA) is 93.2 Å². The van der Waals surface area contributed by atoms with Crippen molar-refractivity contribution in [1.29, 1.82) is 0 Å². The fraction of sp³-hybridized carbons (Fsp3) is 0.318. The number of hydrogen-bond acceptors (Lipinski definition) is 6. The Balaban J connectivity index is 1.43. The third kappa shape index (κ3) is 3.52. The van der Waals surface area contributed by atoms with Crippen molar-refractivity contribution < 1.29 is 4.79 Å². The van der Waals surface area contributed by atoms with Crippen LogP contribution >= 0.6 is 0 Å². The van der Waals surface area contributed by atoms with Gasteiger partial charge in [0.1, 0.15) is 5.69 Å². The minimum atomic E-state index is -0.254. The van der Waals surface area contributed by atoms with E-state index in [9.17, 15) is 4.79 Å². The number of nitrogens with one attached hydrogen (secondary N) is 1. The summed E-state index contributed by atoms with van der Waals surface area (Å²) in [6.07, 6.45) is 5.79. The summed E-state index contributed by atoms with van der Waals surface area (Å²) in [4.78, 5) is 24.5. The van der Waals surface area contributed by atoms with Gasteiger partial charge >= 0.3 is 0 Å². The molecular formula is C22H24N8O. The Labute approximate surface area is 179 Å². The van der Waals surface area contributed by atoms with Crippen molar-refractivity contribution in [2.75, 3.05) is 16.8 Å². The van der Waals surface area contributed by atoms with Crippen molar-refractivity contribution in [2.45, 2.75) is 32.7 Å². The molecule has 4 aromatic rings. The molecule has 9 heteroatoms. The highest BCUT2D eigenvalue weighted by atomic mass is 16.2. The molecule has 1 aliphatic rings. The van der Waals surface area contributed by atoms with Gasteiger partial charge in [0.25, 0.3) is 5.91 Å². The number of fused-ring (bicyclic) bond motifs is 1. The number of nitrogens with zero attached hydrogens (tertiary/aromatic N) is 7. The van der Waals surface area contributed by atoms with E-state index in [4.69, 9.17) is 0 Å². The lowest BCUT2D eigenvalue weighted by Crippen LogP contribution is -2.27. The molecule has 0 bridgehead atoms. The number of aromatic nitrogens is 6. The van der Waals surface area contributed by atoms with Crippen LogP contribution in [-0.2, 0) is 7.05 Å². The molecule has 0 saturated carbocycles. The van der Waals surface area contributed by atoms with Gasteiger partial charge in [-0.15, -0.1) is 5.10 Å². The predicted molar refractivity (Wildman–Crippen MR) is 118 cm³/mol. The number of pyridine rings is 2. The number of rotatable bonds is 4. The smallest absolute Gasteiger partial charge is 0.274 e. The van der Waals surface area contributed by atoms with Gasteiger partial charge in [-0.2, -0.15) is 10.1 Å². The summed E-state index contributed by atoms with van der Waals surface area (Å²) >= 11 is 0. The molecule has 1 aliphatic heterocycles. The lowest BCUT2D eigenvalue weighted by atomic mass is 10.1. The van der Waals surface area contributed by atoms with Crippen LogP contribution in [-0.4, -0.2) is 47.9 Å². The fourth-order valence-corrected chi connectivity index (χ4v) is 4.08. The highest BCUT2D eigenvalue weighted by molar-refractivity contribution is 6.07. The molecule has 0 aromatic carbocycles. The third-order valence-corrected chi connectivity index (χ3v) is 5.71. The molecule has 1 saturated heterocycles. The third-order valence-electron chi connectivity index (χ3n) is 5.71. The SMILES string of the molecule is Cc1cccc(-c2cnn(C)c2C(=O)Nc2ccn3nc(N4CCC[C@@H]4C)nc3c2)n1. The maximum Gasteiger partial charge on any atom is 0.274 e. The molecule has 31 heavy (non-hydrogen) atoms. The van der Waals surface area contributed by atoms with Crippen molar-refractivity contribution in [1.82, 2.24) is 29.4 Å². The zero-order chi connectivity index (χ0) is 21.5. The van der Waals surface area contributed by atoms with Crippen molar-refractivity contribution in [3.63, 3.8) is 0 Å². The molecule has 0 spiro atoms. The molecular weight excluding hydrogens is 392 g/mol. The lowest BCUT2D eigenvalue weighted by Gasteiger charge is -2.18. The van der Waals surface area contributed by atoms with E-state index in [0.717, 1.165) is 36.7 Å². The summed E-state index contributed by atoms with van der Waals surface area (Å²) in [6, 6.07) is 9.81. The summed E-state index contributed by atoms with van der Waals surface area (Å²) in [6.45, 7) is 5.08. The second kappa shape index (κ2) is 7.50. The monoisotopic (exact) mass is 416 g/mol. The van der Waals surface area contributed by atoms with E-state index in [1.54, 1.807) is 22.4 Å². The minimum absolute atomic E-state index is 0.254. The van der Waals surface area contributed by atoms with Crippen LogP contribution in [0.25, 0.3) is 16.9 Å². The van der Waals surface area contributed by atoms with Crippen LogP contribution in [0.4, 0.5) is 11.6 Å². The first-order valence-electron chi connectivity index (χ1n) is 10.4. The quantitative estimate of drug-likeness (QED) is 0.550. The number of hydrogen-bond donors (Lipinski definition) is 1. The number of aryl methyl sites for hydroxylation is 2. The Morgan fingerprint density at radius 1 is 1.23 bits per heavy atom. The van der Waals surface area contributed by atoms with Crippen LogP contribution in [0.3, 0.4) is 0 Å². The zero-order valence-corrected chi connectivity index (χ0v) is 17.8. The van der Waals surface area contributed by atoms with Gasteiger partial charge in [-0.1, -0.05) is 6.07 Å². The summed E-state index contributed by atoms with van der Waals surface area (Å²) in [5.74, 6) is 0.475. The molecule has 0 unspecified atom stereocenters. The van der Waals surface area contributed by atoms with E-state index in [0.29, 0.717) is 28.6 Å². The first-order chi connectivity index (χ1) is 15.0. The van der Waals surface area contributed by atoms with Crippen LogP contribution in [0.15, 0.2) is 42.7 Å². The van der Waals surface area contributed by atoms with E-state index in [1.807, 2.05) is 43.5 Å². The Bertz CT molecular complexity index is 1270.